The average molecular weight is 275 g/mol. The number of amides is 2. The third kappa shape index (κ3) is 4.98. The predicted molar refractivity (Wildman–Crippen MR) is 74.4 cm³/mol. The molecule has 6 heteroatoms. The van der Waals surface area contributed by atoms with E-state index in [1.54, 1.807) is 25.1 Å². The summed E-state index contributed by atoms with van der Waals surface area (Å²) in [6, 6.07) is 6.36. The number of carbonyl (C=O) groups is 2. The Morgan fingerprint density at radius 3 is 2.75 bits per heavy atom. The molecule has 0 saturated carbocycles. The number of benzene rings is 1. The molecule has 0 aromatic heterocycles. The Morgan fingerprint density at radius 2 is 2.15 bits per heavy atom. The number of anilines is 1. The van der Waals surface area contributed by atoms with Gasteiger partial charge in [0.1, 0.15) is 0 Å². The van der Waals surface area contributed by atoms with Crippen molar-refractivity contribution in [3.8, 4) is 6.07 Å². The number of aliphatic carboxylic acids is 1. The largest absolute Gasteiger partial charge is 0.481 e. The van der Waals surface area contributed by atoms with Crippen LogP contribution in [0.25, 0.3) is 0 Å². The molecule has 1 atom stereocenters. The van der Waals surface area contributed by atoms with Crippen molar-refractivity contribution in [2.24, 2.45) is 0 Å². The molecule has 0 spiro atoms. The number of nitrogens with one attached hydrogen (secondary N) is 2. The van der Waals surface area contributed by atoms with Gasteiger partial charge in [-0.05, 0) is 38.0 Å². The fourth-order valence-corrected chi connectivity index (χ4v) is 1.62. The van der Waals surface area contributed by atoms with Crippen molar-refractivity contribution in [2.45, 2.75) is 32.7 Å². The van der Waals surface area contributed by atoms with Crippen LogP contribution in [0.3, 0.4) is 0 Å². The predicted octanol–water partition coefficient (Wildman–Crippen LogP) is 2.24. The number of hydrogen-bond donors (Lipinski definition) is 3. The molecule has 0 radical (unpaired) electrons. The maximum atomic E-state index is 11.8. The lowest BCUT2D eigenvalue weighted by Crippen LogP contribution is -2.36. The molecule has 20 heavy (non-hydrogen) atoms. The van der Waals surface area contributed by atoms with Crippen molar-refractivity contribution in [1.82, 2.24) is 5.32 Å². The number of nitrogens with zero attached hydrogens (tertiary/aromatic N) is 1. The van der Waals surface area contributed by atoms with E-state index in [-0.39, 0.29) is 12.5 Å². The Balaban J connectivity index is 2.58. The lowest BCUT2D eigenvalue weighted by atomic mass is 10.1. The van der Waals surface area contributed by atoms with Crippen LogP contribution in [-0.4, -0.2) is 23.1 Å². The van der Waals surface area contributed by atoms with Gasteiger partial charge in [-0.15, -0.1) is 0 Å². The first-order valence-electron chi connectivity index (χ1n) is 6.22. The van der Waals surface area contributed by atoms with E-state index in [4.69, 9.17) is 10.4 Å². The van der Waals surface area contributed by atoms with E-state index in [9.17, 15) is 9.59 Å². The highest BCUT2D eigenvalue weighted by Crippen LogP contribution is 2.16. The van der Waals surface area contributed by atoms with Crippen LogP contribution in [0.1, 0.15) is 30.9 Å². The van der Waals surface area contributed by atoms with E-state index in [1.807, 2.05) is 13.0 Å². The molecule has 0 bridgehead atoms. The summed E-state index contributed by atoms with van der Waals surface area (Å²) in [4.78, 5) is 22.2. The molecule has 0 saturated heterocycles. The zero-order chi connectivity index (χ0) is 15.1. The standard InChI is InChI=1S/C14H17N3O3/c1-9-3-5-11(8-15)7-12(9)17-14(20)16-10(2)4-6-13(18)19/h3,5,7,10H,4,6H2,1-2H3,(H,18,19)(H2,16,17,20). The van der Waals surface area contributed by atoms with E-state index in [0.717, 1.165) is 5.56 Å². The van der Waals surface area contributed by atoms with E-state index < -0.39 is 12.0 Å². The second kappa shape index (κ2) is 7.14. The molecule has 106 valence electrons. The summed E-state index contributed by atoms with van der Waals surface area (Å²) >= 11 is 0. The van der Waals surface area contributed by atoms with Crippen molar-refractivity contribution in [3.63, 3.8) is 0 Å². The third-order valence-electron chi connectivity index (χ3n) is 2.78. The summed E-state index contributed by atoms with van der Waals surface area (Å²) < 4.78 is 0. The molecule has 0 fully saturated rings. The summed E-state index contributed by atoms with van der Waals surface area (Å²) in [5.41, 5.74) is 1.87. The quantitative estimate of drug-likeness (QED) is 0.766. The maximum absolute atomic E-state index is 11.8. The van der Waals surface area contributed by atoms with Crippen LogP contribution in [0.4, 0.5) is 10.5 Å². The minimum atomic E-state index is -0.892. The zero-order valence-electron chi connectivity index (χ0n) is 11.4. The summed E-state index contributed by atoms with van der Waals surface area (Å²) in [6.07, 6.45) is 0.365. The van der Waals surface area contributed by atoms with E-state index in [0.29, 0.717) is 17.7 Å². The Labute approximate surface area is 117 Å². The number of nitriles is 1. The van der Waals surface area contributed by atoms with Gasteiger partial charge in [0.05, 0.1) is 11.6 Å². The van der Waals surface area contributed by atoms with Crippen molar-refractivity contribution >= 4 is 17.7 Å². The fourth-order valence-electron chi connectivity index (χ4n) is 1.62. The highest BCUT2D eigenvalue weighted by molar-refractivity contribution is 5.90. The molecule has 3 N–H and O–H groups in total. The zero-order valence-corrected chi connectivity index (χ0v) is 11.4. The minimum Gasteiger partial charge on any atom is -0.481 e. The van der Waals surface area contributed by atoms with E-state index in [2.05, 4.69) is 10.6 Å². The Bertz CT molecular complexity index is 549. The molecule has 0 aliphatic carbocycles. The van der Waals surface area contributed by atoms with Gasteiger partial charge < -0.3 is 15.7 Å². The van der Waals surface area contributed by atoms with Crippen molar-refractivity contribution in [2.75, 3.05) is 5.32 Å². The van der Waals surface area contributed by atoms with Crippen LogP contribution in [0.2, 0.25) is 0 Å². The SMILES string of the molecule is Cc1ccc(C#N)cc1NC(=O)NC(C)CCC(=O)O. The Kier molecular flexibility index (Phi) is 5.54. The van der Waals surface area contributed by atoms with Crippen molar-refractivity contribution < 1.29 is 14.7 Å². The minimum absolute atomic E-state index is 0.00436. The molecule has 2 amide bonds. The lowest BCUT2D eigenvalue weighted by molar-refractivity contribution is -0.137. The van der Waals surface area contributed by atoms with Gasteiger partial charge in [0.25, 0.3) is 0 Å². The molecule has 0 heterocycles. The number of aryl methyl sites for hydroxylation is 1. The van der Waals surface area contributed by atoms with Gasteiger partial charge in [0.2, 0.25) is 0 Å². The van der Waals surface area contributed by atoms with Crippen molar-refractivity contribution in [3.05, 3.63) is 29.3 Å². The van der Waals surface area contributed by atoms with Crippen LogP contribution in [0, 0.1) is 18.3 Å². The summed E-state index contributed by atoms with van der Waals surface area (Å²) in [7, 11) is 0. The molecule has 0 aliphatic rings. The van der Waals surface area contributed by atoms with Crippen LogP contribution in [-0.2, 0) is 4.79 Å². The number of urea groups is 1. The molecule has 6 nitrogen and oxygen atoms in total. The first kappa shape index (κ1) is 15.5. The Morgan fingerprint density at radius 1 is 1.45 bits per heavy atom. The first-order valence-corrected chi connectivity index (χ1v) is 6.22. The van der Waals surface area contributed by atoms with Gasteiger partial charge >= 0.3 is 12.0 Å². The summed E-state index contributed by atoms with van der Waals surface area (Å²) in [5.74, 6) is -0.892. The lowest BCUT2D eigenvalue weighted by Gasteiger charge is -2.14. The van der Waals surface area contributed by atoms with Crippen LogP contribution in [0.15, 0.2) is 18.2 Å². The molecule has 1 aromatic rings. The van der Waals surface area contributed by atoms with Crippen molar-refractivity contribution in [1.29, 1.82) is 5.26 Å². The Hall–Kier alpha value is -2.55. The first-order chi connectivity index (χ1) is 9.42. The fraction of sp³-hybridized carbons (Fsp3) is 0.357. The maximum Gasteiger partial charge on any atom is 0.319 e. The van der Waals surface area contributed by atoms with Gasteiger partial charge in [-0.25, -0.2) is 4.79 Å². The monoisotopic (exact) mass is 275 g/mol. The number of carboxylic acids is 1. The van der Waals surface area contributed by atoms with Crippen LogP contribution in [0.5, 0.6) is 0 Å². The molecule has 1 aromatic carbocycles. The molecule has 1 unspecified atom stereocenters. The molecular formula is C14H17N3O3. The highest BCUT2D eigenvalue weighted by Gasteiger charge is 2.10. The van der Waals surface area contributed by atoms with Gasteiger partial charge in [0.15, 0.2) is 0 Å². The smallest absolute Gasteiger partial charge is 0.319 e. The number of carbonyl (C=O) groups excluding carboxylic acids is 1. The van der Waals surface area contributed by atoms with Crippen LogP contribution < -0.4 is 10.6 Å². The topological polar surface area (TPSA) is 102 Å². The molecule has 0 aliphatic heterocycles. The summed E-state index contributed by atoms with van der Waals surface area (Å²) in [6.45, 7) is 3.56. The normalized spacial score (nSPS) is 11.2. The van der Waals surface area contributed by atoms with E-state index in [1.165, 1.54) is 0 Å². The molecular weight excluding hydrogens is 258 g/mol. The van der Waals surface area contributed by atoms with Gasteiger partial charge in [-0.2, -0.15) is 5.26 Å². The summed E-state index contributed by atoms with van der Waals surface area (Å²) in [5, 5.41) is 22.7. The average Bonchev–Trinajstić information content (AvgIpc) is 2.39. The van der Waals surface area contributed by atoms with Gasteiger partial charge in [0, 0.05) is 18.2 Å². The van der Waals surface area contributed by atoms with E-state index >= 15 is 0 Å². The number of hydrogen-bond acceptors (Lipinski definition) is 3. The molecule has 1 rings (SSSR count). The van der Waals surface area contributed by atoms with Crippen LogP contribution >= 0.6 is 0 Å². The highest BCUT2D eigenvalue weighted by atomic mass is 16.4. The number of rotatable bonds is 5. The third-order valence-corrected chi connectivity index (χ3v) is 2.78. The second-order valence-electron chi connectivity index (χ2n) is 4.57. The van der Waals surface area contributed by atoms with Gasteiger partial charge in [-0.3, -0.25) is 4.79 Å². The number of carboxylic acid groups (broad SMARTS) is 1. The second-order valence-corrected chi connectivity index (χ2v) is 4.57. The van der Waals surface area contributed by atoms with Gasteiger partial charge in [-0.1, -0.05) is 6.07 Å².